The van der Waals surface area contributed by atoms with Gasteiger partial charge >= 0.3 is 0 Å². The first-order chi connectivity index (χ1) is 9.70. The summed E-state index contributed by atoms with van der Waals surface area (Å²) in [7, 11) is 1.63. The van der Waals surface area contributed by atoms with Crippen molar-refractivity contribution in [1.82, 2.24) is 10.3 Å². The Hall–Kier alpha value is -1.20. The Labute approximate surface area is 124 Å². The molecule has 1 amide bonds. The van der Waals surface area contributed by atoms with Gasteiger partial charge in [-0.2, -0.15) is 0 Å². The standard InChI is InChI=1S/C15H22N2O2S/c1-11-14(20-13(17-11)10-19-2)15(18)16-9-8-12-6-4-3-5-7-12/h6H,3-5,7-10H2,1-2H3,(H,16,18). The molecule has 0 unspecified atom stereocenters. The van der Waals surface area contributed by atoms with Gasteiger partial charge in [-0.15, -0.1) is 11.3 Å². The third kappa shape index (κ3) is 4.15. The van der Waals surface area contributed by atoms with Crippen LogP contribution in [-0.4, -0.2) is 24.5 Å². The summed E-state index contributed by atoms with van der Waals surface area (Å²) in [4.78, 5) is 17.2. The van der Waals surface area contributed by atoms with E-state index in [1.807, 2.05) is 6.92 Å². The Kier molecular flexibility index (Phi) is 5.73. The molecule has 0 bridgehead atoms. The lowest BCUT2D eigenvalue weighted by Crippen LogP contribution is -2.24. The van der Waals surface area contributed by atoms with Gasteiger partial charge in [-0.05, 0) is 39.0 Å². The monoisotopic (exact) mass is 294 g/mol. The number of amides is 1. The van der Waals surface area contributed by atoms with E-state index in [0.717, 1.165) is 17.1 Å². The molecule has 20 heavy (non-hydrogen) atoms. The molecule has 5 heteroatoms. The third-order valence-electron chi connectivity index (χ3n) is 3.43. The lowest BCUT2D eigenvalue weighted by atomic mass is 9.97. The van der Waals surface area contributed by atoms with Crippen LogP contribution in [-0.2, 0) is 11.3 Å². The molecule has 0 saturated heterocycles. The molecule has 4 nitrogen and oxygen atoms in total. The summed E-state index contributed by atoms with van der Waals surface area (Å²) >= 11 is 1.42. The number of carbonyl (C=O) groups is 1. The van der Waals surface area contributed by atoms with Crippen LogP contribution in [0.2, 0.25) is 0 Å². The van der Waals surface area contributed by atoms with Crippen LogP contribution in [0.5, 0.6) is 0 Å². The van der Waals surface area contributed by atoms with E-state index < -0.39 is 0 Å². The lowest BCUT2D eigenvalue weighted by molar-refractivity contribution is 0.0957. The minimum absolute atomic E-state index is 0.0150. The van der Waals surface area contributed by atoms with Gasteiger partial charge in [-0.25, -0.2) is 4.98 Å². The fourth-order valence-corrected chi connectivity index (χ4v) is 3.35. The molecule has 1 aliphatic rings. The summed E-state index contributed by atoms with van der Waals surface area (Å²) in [5.41, 5.74) is 2.27. The highest BCUT2D eigenvalue weighted by Gasteiger charge is 2.15. The Morgan fingerprint density at radius 1 is 1.50 bits per heavy atom. The maximum Gasteiger partial charge on any atom is 0.263 e. The molecule has 0 saturated carbocycles. The van der Waals surface area contributed by atoms with Crippen molar-refractivity contribution in [3.8, 4) is 0 Å². The van der Waals surface area contributed by atoms with Crippen molar-refractivity contribution in [1.29, 1.82) is 0 Å². The van der Waals surface area contributed by atoms with Gasteiger partial charge in [0.05, 0.1) is 12.3 Å². The average molecular weight is 294 g/mol. The van der Waals surface area contributed by atoms with Crippen LogP contribution in [0, 0.1) is 6.92 Å². The van der Waals surface area contributed by atoms with E-state index in [1.54, 1.807) is 7.11 Å². The van der Waals surface area contributed by atoms with E-state index in [-0.39, 0.29) is 5.91 Å². The molecule has 0 radical (unpaired) electrons. The van der Waals surface area contributed by atoms with Crippen molar-refractivity contribution in [2.75, 3.05) is 13.7 Å². The predicted octanol–water partition coefficient (Wildman–Crippen LogP) is 3.22. The summed E-state index contributed by atoms with van der Waals surface area (Å²) in [6.07, 6.45) is 8.26. The van der Waals surface area contributed by atoms with E-state index in [1.165, 1.54) is 42.6 Å². The van der Waals surface area contributed by atoms with Gasteiger partial charge in [0.25, 0.3) is 5.91 Å². The highest BCUT2D eigenvalue weighted by atomic mass is 32.1. The van der Waals surface area contributed by atoms with Gasteiger partial charge in [0, 0.05) is 13.7 Å². The molecule has 0 fully saturated rings. The van der Waals surface area contributed by atoms with Gasteiger partial charge in [-0.1, -0.05) is 11.6 Å². The van der Waals surface area contributed by atoms with Crippen LogP contribution in [0.3, 0.4) is 0 Å². The van der Waals surface area contributed by atoms with E-state index >= 15 is 0 Å². The van der Waals surface area contributed by atoms with Crippen molar-refractivity contribution < 1.29 is 9.53 Å². The fraction of sp³-hybridized carbons (Fsp3) is 0.600. The highest BCUT2D eigenvalue weighted by Crippen LogP contribution is 2.20. The van der Waals surface area contributed by atoms with Crippen molar-refractivity contribution >= 4 is 17.2 Å². The van der Waals surface area contributed by atoms with Crippen molar-refractivity contribution in [2.45, 2.75) is 45.6 Å². The second-order valence-electron chi connectivity index (χ2n) is 5.07. The first-order valence-electron chi connectivity index (χ1n) is 7.12. The number of nitrogens with one attached hydrogen (secondary N) is 1. The molecule has 0 spiro atoms. The fourth-order valence-electron chi connectivity index (χ4n) is 2.40. The molecule has 1 aliphatic carbocycles. The minimum Gasteiger partial charge on any atom is -0.378 e. The summed E-state index contributed by atoms with van der Waals surface area (Å²) in [5.74, 6) is -0.0150. The molecular weight excluding hydrogens is 272 g/mol. The van der Waals surface area contributed by atoms with Crippen LogP contribution in [0.25, 0.3) is 0 Å². The van der Waals surface area contributed by atoms with Gasteiger partial charge in [0.15, 0.2) is 0 Å². The number of ether oxygens (including phenoxy) is 1. The number of allylic oxidation sites excluding steroid dienone is 1. The topological polar surface area (TPSA) is 51.2 Å². The van der Waals surface area contributed by atoms with Crippen LogP contribution in [0.1, 0.15) is 52.5 Å². The van der Waals surface area contributed by atoms with E-state index in [0.29, 0.717) is 18.0 Å². The van der Waals surface area contributed by atoms with Crippen molar-refractivity contribution in [2.24, 2.45) is 0 Å². The maximum absolute atomic E-state index is 12.1. The van der Waals surface area contributed by atoms with Gasteiger partial charge < -0.3 is 10.1 Å². The first kappa shape index (κ1) is 15.2. The number of methoxy groups -OCH3 is 1. The van der Waals surface area contributed by atoms with Crippen LogP contribution in [0.15, 0.2) is 11.6 Å². The smallest absolute Gasteiger partial charge is 0.263 e. The number of aryl methyl sites for hydroxylation is 1. The molecule has 1 heterocycles. The van der Waals surface area contributed by atoms with Crippen LogP contribution >= 0.6 is 11.3 Å². The maximum atomic E-state index is 12.1. The molecule has 1 aromatic rings. The second kappa shape index (κ2) is 7.55. The van der Waals surface area contributed by atoms with E-state index in [2.05, 4.69) is 16.4 Å². The molecule has 1 aromatic heterocycles. The lowest BCUT2D eigenvalue weighted by Gasteiger charge is -2.12. The quantitative estimate of drug-likeness (QED) is 0.820. The van der Waals surface area contributed by atoms with Crippen LogP contribution < -0.4 is 5.32 Å². The summed E-state index contributed by atoms with van der Waals surface area (Å²) in [5, 5.41) is 3.84. The number of nitrogens with zero attached hydrogens (tertiary/aromatic N) is 1. The molecule has 0 atom stereocenters. The predicted molar refractivity (Wildman–Crippen MR) is 81.1 cm³/mol. The third-order valence-corrected chi connectivity index (χ3v) is 4.56. The number of hydrogen-bond donors (Lipinski definition) is 1. The minimum atomic E-state index is -0.0150. The number of carbonyl (C=O) groups excluding carboxylic acids is 1. The highest BCUT2D eigenvalue weighted by molar-refractivity contribution is 7.13. The average Bonchev–Trinajstić information content (AvgIpc) is 2.81. The summed E-state index contributed by atoms with van der Waals surface area (Å²) in [6.45, 7) is 3.04. The molecule has 2 rings (SSSR count). The van der Waals surface area contributed by atoms with Crippen molar-refractivity contribution in [3.63, 3.8) is 0 Å². The zero-order chi connectivity index (χ0) is 14.4. The van der Waals surface area contributed by atoms with E-state index in [4.69, 9.17) is 4.74 Å². The Balaban J connectivity index is 1.83. The Bertz CT molecular complexity index is 494. The van der Waals surface area contributed by atoms with Crippen molar-refractivity contribution in [3.05, 3.63) is 27.2 Å². The number of aromatic nitrogens is 1. The number of hydrogen-bond acceptors (Lipinski definition) is 4. The zero-order valence-electron chi connectivity index (χ0n) is 12.2. The largest absolute Gasteiger partial charge is 0.378 e. The molecule has 0 aromatic carbocycles. The second-order valence-corrected chi connectivity index (χ2v) is 6.15. The Morgan fingerprint density at radius 3 is 3.05 bits per heavy atom. The number of thiazole rings is 1. The molecule has 1 N–H and O–H groups in total. The normalized spacial score (nSPS) is 15.0. The summed E-state index contributed by atoms with van der Waals surface area (Å²) in [6, 6.07) is 0. The first-order valence-corrected chi connectivity index (χ1v) is 7.93. The SMILES string of the molecule is COCc1nc(C)c(C(=O)NCCC2=CCCCC2)s1. The van der Waals surface area contributed by atoms with Gasteiger partial charge in [0.2, 0.25) is 0 Å². The van der Waals surface area contributed by atoms with Gasteiger partial charge in [0.1, 0.15) is 9.88 Å². The molecule has 110 valence electrons. The molecular formula is C15H22N2O2S. The molecule has 0 aliphatic heterocycles. The number of rotatable bonds is 6. The van der Waals surface area contributed by atoms with Gasteiger partial charge in [-0.3, -0.25) is 4.79 Å². The van der Waals surface area contributed by atoms with E-state index in [9.17, 15) is 4.79 Å². The Morgan fingerprint density at radius 2 is 2.35 bits per heavy atom. The zero-order valence-corrected chi connectivity index (χ0v) is 13.0. The van der Waals surface area contributed by atoms with Crippen LogP contribution in [0.4, 0.5) is 0 Å². The summed E-state index contributed by atoms with van der Waals surface area (Å²) < 4.78 is 5.05.